The number of ether oxygens (including phenoxy) is 2. The van der Waals surface area contributed by atoms with Gasteiger partial charge < -0.3 is 14.6 Å². The summed E-state index contributed by atoms with van der Waals surface area (Å²) in [5, 5.41) is 11.4. The van der Waals surface area contributed by atoms with Crippen molar-refractivity contribution in [2.45, 2.75) is 90.6 Å². The summed E-state index contributed by atoms with van der Waals surface area (Å²) in [4.78, 5) is 0. The summed E-state index contributed by atoms with van der Waals surface area (Å²) < 4.78 is 12.6. The van der Waals surface area contributed by atoms with Crippen LogP contribution in [-0.2, 0) is 9.47 Å². The standard InChI is InChI=1S/C23H36O3/c1-14-11-23-12-15(14)6-7-16(23)21(4)9-8-19-22(5,17(21)10-18(23)24)13-25-20(2,3)26-19/h15-19,24H,1,6-13H2,2-5H3. The first-order valence-electron chi connectivity index (χ1n) is 10.8. The SMILES string of the molecule is C=C1CC23CC1CCC2C1(C)CCC2OC(C)(C)OCC2(C)C1CC3O. The third-order valence-electron chi connectivity index (χ3n) is 9.61. The molecule has 1 N–H and O–H groups in total. The molecule has 1 saturated heterocycles. The number of hydrogen-bond acceptors (Lipinski definition) is 3. The first kappa shape index (κ1) is 17.7. The second-order valence-corrected chi connectivity index (χ2v) is 11.2. The van der Waals surface area contributed by atoms with Gasteiger partial charge in [-0.2, -0.15) is 0 Å². The molecule has 3 nitrogen and oxygen atoms in total. The van der Waals surface area contributed by atoms with E-state index in [1.165, 1.54) is 31.3 Å². The fourth-order valence-electron chi connectivity index (χ4n) is 8.37. The lowest BCUT2D eigenvalue weighted by atomic mass is 9.39. The zero-order valence-electron chi connectivity index (χ0n) is 17.0. The third kappa shape index (κ3) is 2.06. The monoisotopic (exact) mass is 360 g/mol. The van der Waals surface area contributed by atoms with Gasteiger partial charge in [-0.1, -0.05) is 26.0 Å². The number of hydrogen-bond donors (Lipinski definition) is 1. The minimum absolute atomic E-state index is 0.0115. The van der Waals surface area contributed by atoms with Gasteiger partial charge in [-0.25, -0.2) is 0 Å². The second-order valence-electron chi connectivity index (χ2n) is 11.2. The molecule has 1 aliphatic heterocycles. The van der Waals surface area contributed by atoms with Crippen LogP contribution in [0.5, 0.6) is 0 Å². The number of rotatable bonds is 0. The van der Waals surface area contributed by atoms with Gasteiger partial charge in [0.1, 0.15) is 0 Å². The highest BCUT2D eigenvalue weighted by atomic mass is 16.7. The van der Waals surface area contributed by atoms with Crippen molar-refractivity contribution in [1.82, 2.24) is 0 Å². The van der Waals surface area contributed by atoms with Crippen LogP contribution in [0.2, 0.25) is 0 Å². The van der Waals surface area contributed by atoms with E-state index in [1.54, 1.807) is 0 Å². The van der Waals surface area contributed by atoms with Crippen molar-refractivity contribution < 1.29 is 14.6 Å². The highest BCUT2D eigenvalue weighted by Gasteiger charge is 2.69. The molecule has 8 unspecified atom stereocenters. The van der Waals surface area contributed by atoms with E-state index < -0.39 is 5.79 Å². The highest BCUT2D eigenvalue weighted by Crippen LogP contribution is 2.72. The van der Waals surface area contributed by atoms with Gasteiger partial charge in [0.15, 0.2) is 5.79 Å². The Morgan fingerprint density at radius 2 is 1.81 bits per heavy atom. The molecule has 0 aromatic heterocycles. The molecule has 1 spiro atoms. The largest absolute Gasteiger partial charge is 0.393 e. The van der Waals surface area contributed by atoms with Crippen molar-refractivity contribution in [2.75, 3.05) is 6.61 Å². The van der Waals surface area contributed by atoms with Crippen molar-refractivity contribution in [2.24, 2.45) is 34.0 Å². The van der Waals surface area contributed by atoms with Crippen molar-refractivity contribution >= 4 is 0 Å². The average molecular weight is 361 g/mol. The summed E-state index contributed by atoms with van der Waals surface area (Å²) in [5.41, 5.74) is 1.82. The lowest BCUT2D eigenvalue weighted by Crippen LogP contribution is -2.67. The first-order valence-corrected chi connectivity index (χ1v) is 10.8. The van der Waals surface area contributed by atoms with Crippen LogP contribution in [-0.4, -0.2) is 29.7 Å². The van der Waals surface area contributed by atoms with E-state index in [1.807, 2.05) is 13.8 Å². The second kappa shape index (κ2) is 5.15. The molecule has 26 heavy (non-hydrogen) atoms. The van der Waals surface area contributed by atoms with Crippen LogP contribution in [0.3, 0.4) is 0 Å². The molecule has 1 heterocycles. The Hall–Kier alpha value is -0.380. The van der Waals surface area contributed by atoms with E-state index in [4.69, 9.17) is 9.47 Å². The van der Waals surface area contributed by atoms with Crippen LogP contribution in [0, 0.1) is 34.0 Å². The fourth-order valence-corrected chi connectivity index (χ4v) is 8.37. The minimum atomic E-state index is -0.478. The molecular formula is C23H36O3. The van der Waals surface area contributed by atoms with Crippen molar-refractivity contribution in [1.29, 1.82) is 0 Å². The molecule has 2 bridgehead atoms. The minimum Gasteiger partial charge on any atom is -0.393 e. The Morgan fingerprint density at radius 3 is 2.58 bits per heavy atom. The summed E-state index contributed by atoms with van der Waals surface area (Å²) in [5.74, 6) is 1.27. The average Bonchev–Trinajstić information content (AvgIpc) is 2.82. The summed E-state index contributed by atoms with van der Waals surface area (Å²) in [6.45, 7) is 14.1. The van der Waals surface area contributed by atoms with E-state index in [0.717, 1.165) is 25.9 Å². The number of aliphatic hydroxyl groups is 1. The van der Waals surface area contributed by atoms with E-state index in [2.05, 4.69) is 20.4 Å². The Morgan fingerprint density at radius 1 is 1.04 bits per heavy atom. The maximum atomic E-state index is 11.4. The van der Waals surface area contributed by atoms with Gasteiger partial charge in [0, 0.05) is 10.8 Å². The topological polar surface area (TPSA) is 38.7 Å². The Balaban J connectivity index is 1.54. The summed E-state index contributed by atoms with van der Waals surface area (Å²) in [6.07, 6.45) is 8.10. The van der Waals surface area contributed by atoms with Gasteiger partial charge in [0.05, 0.1) is 18.8 Å². The van der Waals surface area contributed by atoms with Crippen LogP contribution in [0.1, 0.15) is 72.6 Å². The smallest absolute Gasteiger partial charge is 0.163 e. The highest BCUT2D eigenvalue weighted by molar-refractivity contribution is 5.25. The van der Waals surface area contributed by atoms with Crippen molar-refractivity contribution in [3.63, 3.8) is 0 Å². The lowest BCUT2D eigenvalue weighted by molar-refractivity contribution is -0.353. The predicted octanol–water partition coefficient (Wildman–Crippen LogP) is 4.69. The lowest BCUT2D eigenvalue weighted by Gasteiger charge is -2.68. The molecule has 0 radical (unpaired) electrons. The summed E-state index contributed by atoms with van der Waals surface area (Å²) in [7, 11) is 0. The van der Waals surface area contributed by atoms with Crippen molar-refractivity contribution in [3.05, 3.63) is 12.2 Å². The van der Waals surface area contributed by atoms with Crippen LogP contribution in [0.15, 0.2) is 12.2 Å². The van der Waals surface area contributed by atoms with E-state index in [-0.39, 0.29) is 28.5 Å². The van der Waals surface area contributed by atoms with E-state index in [9.17, 15) is 5.11 Å². The quantitative estimate of drug-likeness (QED) is 0.637. The number of aliphatic hydroxyl groups excluding tert-OH is 1. The molecular weight excluding hydrogens is 324 g/mol. The molecule has 5 aliphatic rings. The van der Waals surface area contributed by atoms with Crippen LogP contribution in [0.4, 0.5) is 0 Å². The van der Waals surface area contributed by atoms with Gasteiger partial charge >= 0.3 is 0 Å². The summed E-state index contributed by atoms with van der Waals surface area (Å²) >= 11 is 0. The predicted molar refractivity (Wildman–Crippen MR) is 101 cm³/mol. The van der Waals surface area contributed by atoms with Gasteiger partial charge in [0.25, 0.3) is 0 Å². The molecule has 4 aliphatic carbocycles. The molecule has 3 heteroatoms. The van der Waals surface area contributed by atoms with Gasteiger partial charge in [0.2, 0.25) is 0 Å². The number of fused-ring (bicyclic) bond motifs is 5. The maximum absolute atomic E-state index is 11.4. The van der Waals surface area contributed by atoms with Gasteiger partial charge in [-0.15, -0.1) is 0 Å². The molecule has 0 aromatic carbocycles. The summed E-state index contributed by atoms with van der Waals surface area (Å²) in [6, 6.07) is 0. The van der Waals surface area contributed by atoms with Gasteiger partial charge in [-0.3, -0.25) is 0 Å². The first-order chi connectivity index (χ1) is 12.1. The van der Waals surface area contributed by atoms with Crippen LogP contribution in [0.25, 0.3) is 0 Å². The molecule has 0 aromatic rings. The molecule has 8 atom stereocenters. The van der Waals surface area contributed by atoms with E-state index >= 15 is 0 Å². The maximum Gasteiger partial charge on any atom is 0.163 e. The number of allylic oxidation sites excluding steroid dienone is 1. The molecule has 146 valence electrons. The fraction of sp³-hybridized carbons (Fsp3) is 0.913. The molecule has 0 amide bonds. The normalized spacial score (nSPS) is 57.9. The Bertz CT molecular complexity index is 641. The van der Waals surface area contributed by atoms with Gasteiger partial charge in [-0.05, 0) is 82.0 Å². The Kier molecular flexibility index (Phi) is 3.51. The molecule has 4 saturated carbocycles. The molecule has 5 fully saturated rings. The zero-order chi connectivity index (χ0) is 18.5. The van der Waals surface area contributed by atoms with E-state index in [0.29, 0.717) is 17.8 Å². The van der Waals surface area contributed by atoms with Crippen LogP contribution >= 0.6 is 0 Å². The molecule has 5 rings (SSSR count). The zero-order valence-corrected chi connectivity index (χ0v) is 17.0. The van der Waals surface area contributed by atoms with Crippen molar-refractivity contribution in [3.8, 4) is 0 Å². The Labute approximate surface area is 158 Å². The third-order valence-corrected chi connectivity index (χ3v) is 9.61. The van der Waals surface area contributed by atoms with Crippen LogP contribution < -0.4 is 0 Å².